The van der Waals surface area contributed by atoms with Gasteiger partial charge in [0.1, 0.15) is 33.1 Å². The minimum Gasteiger partial charge on any atom is -0.372 e. The maximum atomic E-state index is 5.58. The second kappa shape index (κ2) is 15.0. The van der Waals surface area contributed by atoms with Crippen LogP contribution in [0.25, 0.3) is 66.2 Å². The molecule has 0 bridgehead atoms. The summed E-state index contributed by atoms with van der Waals surface area (Å²) in [6, 6.07) is 11.2. The number of aromatic nitrogens is 6. The SMILES string of the molecule is C#CCNc1cc2nc3c4nc5cc(NCC#C)c(NCC#C)cc5nc4c4nc5cc(NCC#C)c(NCC#C)cc5nc4c3nc2cc1NCC#C. The van der Waals surface area contributed by atoms with E-state index in [0.717, 1.165) is 0 Å². The normalized spacial score (nSPS) is 10.6. The molecule has 0 spiro atoms. The van der Waals surface area contributed by atoms with Gasteiger partial charge in [0, 0.05) is 0 Å². The summed E-state index contributed by atoms with van der Waals surface area (Å²) in [5.74, 6) is 15.6. The monoisotopic (exact) mass is 702 g/mol. The quantitative estimate of drug-likeness (QED) is 0.0562. The van der Waals surface area contributed by atoms with Crippen LogP contribution in [0.1, 0.15) is 0 Å². The molecule has 0 aliphatic heterocycles. The topological polar surface area (TPSA) is 150 Å². The van der Waals surface area contributed by atoms with E-state index in [0.29, 0.717) is 100 Å². The molecule has 0 atom stereocenters. The van der Waals surface area contributed by atoms with Crippen molar-refractivity contribution in [3.63, 3.8) is 0 Å². The van der Waals surface area contributed by atoms with Gasteiger partial charge in [-0.1, -0.05) is 35.5 Å². The average molecular weight is 703 g/mol. The van der Waals surface area contributed by atoms with Crippen LogP contribution in [-0.2, 0) is 0 Å². The molecule has 7 aromatic rings. The maximum absolute atomic E-state index is 5.58. The van der Waals surface area contributed by atoms with E-state index in [1.165, 1.54) is 0 Å². The fraction of sp³-hybridized carbons (Fsp3) is 0.143. The summed E-state index contributed by atoms with van der Waals surface area (Å²) in [7, 11) is 0. The number of rotatable bonds is 12. The Kier molecular flexibility index (Phi) is 9.52. The van der Waals surface area contributed by atoms with Crippen molar-refractivity contribution in [2.24, 2.45) is 0 Å². The van der Waals surface area contributed by atoms with Gasteiger partial charge >= 0.3 is 0 Å². The number of hydrogen-bond donors (Lipinski definition) is 6. The van der Waals surface area contributed by atoms with Crippen molar-refractivity contribution in [3.05, 3.63) is 36.4 Å². The van der Waals surface area contributed by atoms with E-state index in [4.69, 9.17) is 68.4 Å². The van der Waals surface area contributed by atoms with Gasteiger partial charge in [-0.2, -0.15) is 0 Å². The van der Waals surface area contributed by atoms with Gasteiger partial charge in [0.25, 0.3) is 0 Å². The highest BCUT2D eigenvalue weighted by Gasteiger charge is 2.21. The van der Waals surface area contributed by atoms with E-state index in [-0.39, 0.29) is 39.3 Å². The molecule has 0 unspecified atom stereocenters. The lowest BCUT2D eigenvalue weighted by atomic mass is 10.1. The van der Waals surface area contributed by atoms with Crippen LogP contribution in [0.4, 0.5) is 34.1 Å². The molecule has 258 valence electrons. The molecule has 0 amide bonds. The van der Waals surface area contributed by atoms with E-state index >= 15 is 0 Å². The lowest BCUT2D eigenvalue weighted by molar-refractivity contribution is 1.30. The summed E-state index contributed by atoms with van der Waals surface area (Å²) >= 11 is 0. The summed E-state index contributed by atoms with van der Waals surface area (Å²) in [6.45, 7) is 1.73. The van der Waals surface area contributed by atoms with Crippen LogP contribution in [0.5, 0.6) is 0 Å². The van der Waals surface area contributed by atoms with Gasteiger partial charge in [-0.25, -0.2) is 29.9 Å². The predicted octanol–water partition coefficient (Wildman–Crippen LogP) is 5.25. The van der Waals surface area contributed by atoms with Crippen LogP contribution in [0, 0.1) is 74.1 Å². The molecule has 0 radical (unpaired) electrons. The summed E-state index contributed by atoms with van der Waals surface area (Å²) in [5, 5.41) is 19.5. The lowest BCUT2D eigenvalue weighted by Crippen LogP contribution is -2.07. The third kappa shape index (κ3) is 6.43. The highest BCUT2D eigenvalue weighted by Crippen LogP contribution is 2.37. The van der Waals surface area contributed by atoms with Gasteiger partial charge in [0.15, 0.2) is 0 Å². The first-order chi connectivity index (χ1) is 26.5. The van der Waals surface area contributed by atoms with Crippen molar-refractivity contribution in [2.45, 2.75) is 0 Å². The second-order valence-corrected chi connectivity index (χ2v) is 11.8. The molecule has 3 heterocycles. The van der Waals surface area contributed by atoms with Crippen molar-refractivity contribution in [2.75, 3.05) is 71.2 Å². The Bertz CT molecular complexity index is 2380. The minimum atomic E-state index is 0.289. The number of terminal acetylenes is 6. The largest absolute Gasteiger partial charge is 0.372 e. The summed E-state index contributed by atoms with van der Waals surface area (Å²) in [5.41, 5.74) is 10.7. The highest BCUT2D eigenvalue weighted by molar-refractivity contribution is 6.21. The van der Waals surface area contributed by atoms with Crippen molar-refractivity contribution >= 4 is 100 Å². The second-order valence-electron chi connectivity index (χ2n) is 11.8. The van der Waals surface area contributed by atoms with Crippen LogP contribution >= 0.6 is 0 Å². The molecular weight excluding hydrogens is 673 g/mol. The van der Waals surface area contributed by atoms with Gasteiger partial charge in [-0.05, 0) is 36.4 Å². The molecule has 0 saturated carbocycles. The Morgan fingerprint density at radius 3 is 0.574 bits per heavy atom. The molecule has 0 aliphatic rings. The first-order valence-electron chi connectivity index (χ1n) is 16.6. The molecule has 0 saturated heterocycles. The Labute approximate surface area is 311 Å². The van der Waals surface area contributed by atoms with Crippen LogP contribution in [0.15, 0.2) is 36.4 Å². The number of fused-ring (bicyclic) bond motifs is 9. The van der Waals surface area contributed by atoms with Crippen molar-refractivity contribution in [1.29, 1.82) is 0 Å². The summed E-state index contributed by atoms with van der Waals surface area (Å²) in [6.07, 6.45) is 33.5. The zero-order valence-corrected chi connectivity index (χ0v) is 28.9. The van der Waals surface area contributed by atoms with Crippen LogP contribution in [0.3, 0.4) is 0 Å². The maximum Gasteiger partial charge on any atom is 0.120 e. The molecule has 12 heteroatoms. The van der Waals surface area contributed by atoms with Gasteiger partial charge in [0.2, 0.25) is 0 Å². The Hall–Kier alpha value is -8.16. The predicted molar refractivity (Wildman–Crippen MR) is 222 cm³/mol. The van der Waals surface area contributed by atoms with Gasteiger partial charge in [0.05, 0.1) is 106 Å². The average Bonchev–Trinajstić information content (AvgIpc) is 3.19. The zero-order valence-electron chi connectivity index (χ0n) is 28.9. The zero-order chi connectivity index (χ0) is 37.6. The Balaban J connectivity index is 1.59. The fourth-order valence-electron chi connectivity index (χ4n) is 6.05. The smallest absolute Gasteiger partial charge is 0.120 e. The summed E-state index contributed by atoms with van der Waals surface area (Å²) in [4.78, 5) is 30.8. The first-order valence-corrected chi connectivity index (χ1v) is 16.6. The van der Waals surface area contributed by atoms with Crippen LogP contribution in [0.2, 0.25) is 0 Å². The van der Waals surface area contributed by atoms with E-state index in [1.807, 2.05) is 36.4 Å². The van der Waals surface area contributed by atoms with Crippen molar-refractivity contribution in [3.8, 4) is 74.1 Å². The number of anilines is 6. The first kappa shape index (κ1) is 34.3. The van der Waals surface area contributed by atoms with Gasteiger partial charge in [-0.15, -0.1) is 38.5 Å². The van der Waals surface area contributed by atoms with Gasteiger partial charge in [-0.3, -0.25) is 0 Å². The standard InChI is InChI=1S/C42H30N12/c1-7-13-43-25-19-31-32(20-26(25)44-14-8-2)50-38-37(49-31)39-41(53-34-22-28(46-16-10-4)27(45-15-9-3)21-33(34)51-39)42-40(38)52-35-23-29(47-17-11-5)30(48-18-12-6)24-36(35)54-42/h1-6,19-24,43-48H,13-18H2. The van der Waals surface area contributed by atoms with Crippen molar-refractivity contribution in [1.82, 2.24) is 29.9 Å². The fourth-order valence-corrected chi connectivity index (χ4v) is 6.05. The van der Waals surface area contributed by atoms with Crippen LogP contribution < -0.4 is 31.9 Å². The molecule has 12 nitrogen and oxygen atoms in total. The number of hydrogen-bond acceptors (Lipinski definition) is 12. The van der Waals surface area contributed by atoms with E-state index in [1.54, 1.807) is 0 Å². The molecule has 7 rings (SSSR count). The lowest BCUT2D eigenvalue weighted by Gasteiger charge is -2.16. The molecular formula is C42H30N12. The molecule has 6 N–H and O–H groups in total. The van der Waals surface area contributed by atoms with Crippen molar-refractivity contribution < 1.29 is 0 Å². The highest BCUT2D eigenvalue weighted by atomic mass is 15.0. The van der Waals surface area contributed by atoms with Crippen LogP contribution in [-0.4, -0.2) is 69.2 Å². The van der Waals surface area contributed by atoms with E-state index in [9.17, 15) is 0 Å². The molecule has 0 aliphatic carbocycles. The molecule has 54 heavy (non-hydrogen) atoms. The number of nitrogens with zero attached hydrogens (tertiary/aromatic N) is 6. The molecule has 4 aromatic carbocycles. The van der Waals surface area contributed by atoms with Gasteiger partial charge < -0.3 is 31.9 Å². The van der Waals surface area contributed by atoms with E-state index in [2.05, 4.69) is 67.4 Å². The summed E-state index contributed by atoms with van der Waals surface area (Å²) < 4.78 is 0. The molecule has 3 aromatic heterocycles. The Morgan fingerprint density at radius 2 is 0.444 bits per heavy atom. The minimum absolute atomic E-state index is 0.289. The Morgan fingerprint density at radius 1 is 0.296 bits per heavy atom. The third-order valence-electron chi connectivity index (χ3n) is 8.37. The number of nitrogens with one attached hydrogen (secondary N) is 6. The molecule has 0 fully saturated rings. The third-order valence-corrected chi connectivity index (χ3v) is 8.37. The number of benzene rings is 4. The van der Waals surface area contributed by atoms with E-state index < -0.39 is 0 Å².